The van der Waals surface area contributed by atoms with Crippen LogP contribution in [0.4, 0.5) is 5.69 Å². The highest BCUT2D eigenvalue weighted by Gasteiger charge is 2.04. The van der Waals surface area contributed by atoms with Crippen molar-refractivity contribution in [2.75, 3.05) is 0 Å². The number of nitrogens with zero attached hydrogens (tertiary/aromatic N) is 3. The van der Waals surface area contributed by atoms with Gasteiger partial charge in [-0.25, -0.2) is 4.98 Å². The Kier molecular flexibility index (Phi) is 3.72. The molecule has 0 saturated heterocycles. The molecule has 0 atom stereocenters. The molecule has 1 heterocycles. The molecule has 0 saturated carbocycles. The van der Waals surface area contributed by atoms with Crippen molar-refractivity contribution in [2.24, 2.45) is 0 Å². The lowest BCUT2D eigenvalue weighted by atomic mass is 10.1. The SMILES string of the molecule is O=[N+]([O-])c1ccc(CCn2ccnc2I)cc1. The minimum atomic E-state index is -0.386. The lowest BCUT2D eigenvalue weighted by Crippen LogP contribution is -2.02. The zero-order valence-electron chi connectivity index (χ0n) is 8.91. The Morgan fingerprint density at radius 1 is 1.35 bits per heavy atom. The summed E-state index contributed by atoms with van der Waals surface area (Å²) >= 11 is 2.17. The summed E-state index contributed by atoms with van der Waals surface area (Å²) in [4.78, 5) is 14.2. The highest BCUT2D eigenvalue weighted by atomic mass is 127. The average Bonchev–Trinajstić information content (AvgIpc) is 2.73. The van der Waals surface area contributed by atoms with E-state index in [9.17, 15) is 10.1 Å². The summed E-state index contributed by atoms with van der Waals surface area (Å²) in [6.07, 6.45) is 4.52. The standard InChI is InChI=1S/C11H10IN3O2/c12-11-13-6-8-14(11)7-5-9-1-3-10(4-2-9)15(16)17/h1-4,6,8H,5,7H2. The molecule has 0 aliphatic rings. The number of benzene rings is 1. The lowest BCUT2D eigenvalue weighted by Gasteiger charge is -2.04. The Hall–Kier alpha value is -1.44. The minimum absolute atomic E-state index is 0.131. The molecule has 6 heteroatoms. The fourth-order valence-corrected chi connectivity index (χ4v) is 2.07. The van der Waals surface area contributed by atoms with Crippen LogP contribution in [0, 0.1) is 13.9 Å². The minimum Gasteiger partial charge on any atom is -0.326 e. The quantitative estimate of drug-likeness (QED) is 0.487. The van der Waals surface area contributed by atoms with Crippen LogP contribution in [0.1, 0.15) is 5.56 Å². The highest BCUT2D eigenvalue weighted by molar-refractivity contribution is 14.1. The lowest BCUT2D eigenvalue weighted by molar-refractivity contribution is -0.384. The maximum Gasteiger partial charge on any atom is 0.269 e. The molecule has 17 heavy (non-hydrogen) atoms. The van der Waals surface area contributed by atoms with Crippen molar-refractivity contribution in [1.82, 2.24) is 9.55 Å². The predicted octanol–water partition coefficient (Wildman–Crippen LogP) is 2.64. The third kappa shape index (κ3) is 3.02. The number of imidazole rings is 1. The third-order valence-electron chi connectivity index (χ3n) is 2.45. The number of halogens is 1. The number of aryl methyl sites for hydroxylation is 2. The van der Waals surface area contributed by atoms with Gasteiger partial charge in [-0.15, -0.1) is 0 Å². The number of nitro groups is 1. The molecule has 0 amide bonds. The van der Waals surface area contributed by atoms with Crippen LogP contribution in [-0.2, 0) is 13.0 Å². The molecule has 0 N–H and O–H groups in total. The van der Waals surface area contributed by atoms with E-state index in [2.05, 4.69) is 27.6 Å². The second-order valence-corrected chi connectivity index (χ2v) is 4.53. The molecule has 2 aromatic rings. The van der Waals surface area contributed by atoms with Crippen LogP contribution in [-0.4, -0.2) is 14.5 Å². The van der Waals surface area contributed by atoms with Crippen LogP contribution in [0.5, 0.6) is 0 Å². The molecule has 0 bridgehead atoms. The molecule has 88 valence electrons. The molecule has 0 fully saturated rings. The van der Waals surface area contributed by atoms with Crippen molar-refractivity contribution in [3.05, 3.63) is 56.2 Å². The molecule has 1 aromatic carbocycles. The van der Waals surface area contributed by atoms with E-state index < -0.39 is 0 Å². The first-order valence-corrected chi connectivity index (χ1v) is 6.14. The summed E-state index contributed by atoms with van der Waals surface area (Å²) in [5, 5.41) is 10.5. The Morgan fingerprint density at radius 2 is 2.06 bits per heavy atom. The first-order valence-electron chi connectivity index (χ1n) is 5.07. The molecule has 0 unspecified atom stereocenters. The van der Waals surface area contributed by atoms with Crippen LogP contribution in [0.15, 0.2) is 36.7 Å². The molecule has 5 nitrogen and oxygen atoms in total. The topological polar surface area (TPSA) is 61.0 Å². The van der Waals surface area contributed by atoms with Gasteiger partial charge in [-0.2, -0.15) is 0 Å². The molecule has 0 aliphatic carbocycles. The summed E-state index contributed by atoms with van der Waals surface area (Å²) in [5.41, 5.74) is 1.21. The van der Waals surface area contributed by atoms with Gasteiger partial charge in [0.1, 0.15) is 0 Å². The summed E-state index contributed by atoms with van der Waals surface area (Å²) in [5.74, 6) is 0. The van der Waals surface area contributed by atoms with Crippen molar-refractivity contribution in [3.63, 3.8) is 0 Å². The van der Waals surface area contributed by atoms with E-state index in [1.54, 1.807) is 18.3 Å². The van der Waals surface area contributed by atoms with E-state index in [1.165, 1.54) is 12.1 Å². The van der Waals surface area contributed by atoms with Crippen molar-refractivity contribution in [3.8, 4) is 0 Å². The Labute approximate surface area is 112 Å². The molecule has 2 rings (SSSR count). The van der Waals surface area contributed by atoms with Gasteiger partial charge in [0.2, 0.25) is 0 Å². The van der Waals surface area contributed by atoms with Crippen LogP contribution in [0.3, 0.4) is 0 Å². The van der Waals surface area contributed by atoms with Gasteiger partial charge in [0.25, 0.3) is 5.69 Å². The Bertz CT molecular complexity index is 522. The molecular weight excluding hydrogens is 333 g/mol. The van der Waals surface area contributed by atoms with Gasteiger partial charge in [-0.05, 0) is 34.6 Å². The Morgan fingerprint density at radius 3 is 2.59 bits per heavy atom. The second-order valence-electron chi connectivity index (χ2n) is 3.56. The smallest absolute Gasteiger partial charge is 0.269 e. The molecule has 0 spiro atoms. The van der Waals surface area contributed by atoms with Crippen molar-refractivity contribution in [1.29, 1.82) is 0 Å². The maximum atomic E-state index is 10.5. The summed E-state index contributed by atoms with van der Waals surface area (Å²) in [7, 11) is 0. The third-order valence-corrected chi connectivity index (χ3v) is 3.35. The van der Waals surface area contributed by atoms with Crippen LogP contribution >= 0.6 is 22.6 Å². The number of rotatable bonds is 4. The van der Waals surface area contributed by atoms with Gasteiger partial charge < -0.3 is 4.57 Å². The van der Waals surface area contributed by atoms with Crippen molar-refractivity contribution < 1.29 is 4.92 Å². The Balaban J connectivity index is 2.00. The van der Waals surface area contributed by atoms with Gasteiger partial charge in [0, 0.05) is 31.1 Å². The average molecular weight is 343 g/mol. The maximum absolute atomic E-state index is 10.5. The first kappa shape index (κ1) is 12.0. The van der Waals surface area contributed by atoms with E-state index >= 15 is 0 Å². The highest BCUT2D eigenvalue weighted by Crippen LogP contribution is 2.13. The summed E-state index contributed by atoms with van der Waals surface area (Å²) in [6, 6.07) is 6.66. The van der Waals surface area contributed by atoms with Crippen LogP contribution in [0.25, 0.3) is 0 Å². The summed E-state index contributed by atoms with van der Waals surface area (Å²) < 4.78 is 2.99. The number of hydrogen-bond donors (Lipinski definition) is 0. The van der Waals surface area contributed by atoms with Crippen molar-refractivity contribution >= 4 is 28.3 Å². The summed E-state index contributed by atoms with van der Waals surface area (Å²) in [6.45, 7) is 0.829. The predicted molar refractivity (Wildman–Crippen MR) is 71.7 cm³/mol. The van der Waals surface area contributed by atoms with E-state index in [1.807, 2.05) is 10.8 Å². The number of nitro benzene ring substituents is 1. The van der Waals surface area contributed by atoms with Crippen LogP contribution in [0.2, 0.25) is 0 Å². The fourth-order valence-electron chi connectivity index (χ4n) is 1.51. The van der Waals surface area contributed by atoms with E-state index in [-0.39, 0.29) is 10.6 Å². The normalized spacial score (nSPS) is 10.4. The zero-order valence-corrected chi connectivity index (χ0v) is 11.1. The molecule has 1 aromatic heterocycles. The van der Waals surface area contributed by atoms with Crippen molar-refractivity contribution in [2.45, 2.75) is 13.0 Å². The van der Waals surface area contributed by atoms with E-state index in [4.69, 9.17) is 0 Å². The molecule has 0 radical (unpaired) electrons. The monoisotopic (exact) mass is 343 g/mol. The fraction of sp³-hybridized carbons (Fsp3) is 0.182. The van der Waals surface area contributed by atoms with E-state index in [0.29, 0.717) is 0 Å². The molecular formula is C11H10IN3O2. The second kappa shape index (κ2) is 5.26. The zero-order chi connectivity index (χ0) is 12.3. The molecule has 0 aliphatic heterocycles. The van der Waals surface area contributed by atoms with E-state index in [0.717, 1.165) is 22.4 Å². The van der Waals surface area contributed by atoms with Gasteiger partial charge in [-0.1, -0.05) is 12.1 Å². The van der Waals surface area contributed by atoms with Gasteiger partial charge in [0.15, 0.2) is 3.83 Å². The van der Waals surface area contributed by atoms with Gasteiger partial charge >= 0.3 is 0 Å². The first-order chi connectivity index (χ1) is 8.16. The van der Waals surface area contributed by atoms with Crippen LogP contribution < -0.4 is 0 Å². The largest absolute Gasteiger partial charge is 0.326 e. The number of aromatic nitrogens is 2. The number of hydrogen-bond acceptors (Lipinski definition) is 3. The van der Waals surface area contributed by atoms with Gasteiger partial charge in [0.05, 0.1) is 4.92 Å². The van der Waals surface area contributed by atoms with Gasteiger partial charge in [-0.3, -0.25) is 10.1 Å². The number of non-ortho nitro benzene ring substituents is 1.